The normalized spacial score (nSPS) is 11.6. The number of ether oxygens (including phenoxy) is 1. The van der Waals surface area contributed by atoms with Crippen LogP contribution < -0.4 is 10.5 Å². The van der Waals surface area contributed by atoms with Crippen LogP contribution in [-0.2, 0) is 6.54 Å². The minimum atomic E-state index is -0.626. The molecule has 0 saturated carbocycles. The Hall–Kier alpha value is -2.57. The number of nitrogens with zero attached hydrogens (tertiary/aromatic N) is 3. The zero-order chi connectivity index (χ0) is 14.5. The summed E-state index contributed by atoms with van der Waals surface area (Å²) >= 11 is 0. The molecule has 0 aliphatic carbocycles. The van der Waals surface area contributed by atoms with Crippen LogP contribution in [0.4, 0.5) is 4.39 Å². The van der Waals surface area contributed by atoms with Crippen molar-refractivity contribution < 1.29 is 14.3 Å². The summed E-state index contributed by atoms with van der Waals surface area (Å²) in [5.74, 6) is -0.356. The Bertz CT molecular complexity index is 625. The van der Waals surface area contributed by atoms with Crippen molar-refractivity contribution in [2.24, 2.45) is 10.9 Å². The molecule has 1 heterocycles. The number of nitrogens with two attached hydrogens (primary N) is 1. The van der Waals surface area contributed by atoms with Crippen LogP contribution in [0.1, 0.15) is 18.9 Å². The molecular formula is C13H15FN4O2. The lowest BCUT2D eigenvalue weighted by molar-refractivity contribution is 0.318. The van der Waals surface area contributed by atoms with Gasteiger partial charge in [-0.3, -0.25) is 4.68 Å². The summed E-state index contributed by atoms with van der Waals surface area (Å²) in [6.07, 6.45) is 4.16. The van der Waals surface area contributed by atoms with Gasteiger partial charge in [0.2, 0.25) is 0 Å². The van der Waals surface area contributed by atoms with Gasteiger partial charge in [-0.25, -0.2) is 4.39 Å². The first-order valence-corrected chi connectivity index (χ1v) is 6.12. The molecule has 0 fully saturated rings. The standard InChI is InChI=1S/C13H15FN4O2/c1-2-6-18-8-9(7-16-18)20-11-5-3-4-10(14)12(11)13(15)17-19/h3-5,7-8,19H,2,6H2,1H3,(H2,15,17). The minimum absolute atomic E-state index is 0.0850. The van der Waals surface area contributed by atoms with Crippen molar-refractivity contribution >= 4 is 5.84 Å². The van der Waals surface area contributed by atoms with Gasteiger partial charge in [0, 0.05) is 6.54 Å². The number of amidine groups is 1. The average molecular weight is 278 g/mol. The van der Waals surface area contributed by atoms with Gasteiger partial charge in [-0.05, 0) is 18.6 Å². The molecule has 1 aromatic carbocycles. The summed E-state index contributed by atoms with van der Waals surface area (Å²) in [5, 5.41) is 15.6. The van der Waals surface area contributed by atoms with E-state index in [9.17, 15) is 4.39 Å². The molecule has 20 heavy (non-hydrogen) atoms. The first-order chi connectivity index (χ1) is 9.65. The average Bonchev–Trinajstić information content (AvgIpc) is 2.86. The zero-order valence-corrected chi connectivity index (χ0v) is 11.0. The number of hydrogen-bond acceptors (Lipinski definition) is 4. The lowest BCUT2D eigenvalue weighted by atomic mass is 10.1. The number of rotatable bonds is 5. The van der Waals surface area contributed by atoms with Crippen LogP contribution >= 0.6 is 0 Å². The molecule has 0 bridgehead atoms. The molecule has 0 amide bonds. The molecule has 0 aliphatic rings. The van der Waals surface area contributed by atoms with Gasteiger partial charge >= 0.3 is 0 Å². The van der Waals surface area contributed by atoms with E-state index in [0.717, 1.165) is 13.0 Å². The first kappa shape index (κ1) is 13.9. The van der Waals surface area contributed by atoms with Gasteiger partial charge in [-0.15, -0.1) is 0 Å². The van der Waals surface area contributed by atoms with E-state index < -0.39 is 5.82 Å². The number of halogens is 1. The van der Waals surface area contributed by atoms with Crippen molar-refractivity contribution in [3.8, 4) is 11.5 Å². The van der Waals surface area contributed by atoms with Crippen molar-refractivity contribution in [1.82, 2.24) is 9.78 Å². The summed E-state index contributed by atoms with van der Waals surface area (Å²) in [7, 11) is 0. The molecule has 2 aromatic rings. The van der Waals surface area contributed by atoms with E-state index >= 15 is 0 Å². The molecule has 0 atom stereocenters. The van der Waals surface area contributed by atoms with E-state index in [4.69, 9.17) is 15.7 Å². The third-order valence-electron chi connectivity index (χ3n) is 2.63. The van der Waals surface area contributed by atoms with Gasteiger partial charge in [0.15, 0.2) is 11.6 Å². The molecule has 7 heteroatoms. The highest BCUT2D eigenvalue weighted by molar-refractivity contribution is 5.99. The fraction of sp³-hybridized carbons (Fsp3) is 0.231. The van der Waals surface area contributed by atoms with Crippen LogP contribution in [0.15, 0.2) is 35.7 Å². The third kappa shape index (κ3) is 2.87. The second-order valence-electron chi connectivity index (χ2n) is 4.14. The van der Waals surface area contributed by atoms with E-state index in [0.29, 0.717) is 5.75 Å². The van der Waals surface area contributed by atoms with E-state index in [1.165, 1.54) is 24.4 Å². The predicted molar refractivity (Wildman–Crippen MR) is 71.5 cm³/mol. The topological polar surface area (TPSA) is 85.7 Å². The first-order valence-electron chi connectivity index (χ1n) is 6.12. The lowest BCUT2D eigenvalue weighted by Gasteiger charge is -2.09. The van der Waals surface area contributed by atoms with E-state index in [1.54, 1.807) is 10.9 Å². The fourth-order valence-electron chi connectivity index (χ4n) is 1.76. The van der Waals surface area contributed by atoms with Crippen LogP contribution in [0.2, 0.25) is 0 Å². The third-order valence-corrected chi connectivity index (χ3v) is 2.63. The maximum atomic E-state index is 13.7. The Morgan fingerprint density at radius 2 is 2.35 bits per heavy atom. The predicted octanol–water partition coefficient (Wildman–Crippen LogP) is 2.32. The summed E-state index contributed by atoms with van der Waals surface area (Å²) in [6, 6.07) is 4.23. The van der Waals surface area contributed by atoms with Crippen LogP contribution in [-0.4, -0.2) is 20.8 Å². The van der Waals surface area contributed by atoms with Crippen LogP contribution in [0.3, 0.4) is 0 Å². The Labute approximate surface area is 115 Å². The van der Waals surface area contributed by atoms with Gasteiger partial charge in [0.1, 0.15) is 11.6 Å². The number of aryl methyl sites for hydroxylation is 1. The number of oxime groups is 1. The maximum absolute atomic E-state index is 13.7. The number of aromatic nitrogens is 2. The monoisotopic (exact) mass is 278 g/mol. The molecule has 6 nitrogen and oxygen atoms in total. The van der Waals surface area contributed by atoms with E-state index in [2.05, 4.69) is 10.3 Å². The molecule has 2 rings (SSSR count). The molecule has 0 aliphatic heterocycles. The highest BCUT2D eigenvalue weighted by atomic mass is 19.1. The molecule has 106 valence electrons. The Kier molecular flexibility index (Phi) is 4.19. The maximum Gasteiger partial charge on any atom is 0.176 e. The lowest BCUT2D eigenvalue weighted by Crippen LogP contribution is -2.16. The number of hydrogen-bond donors (Lipinski definition) is 2. The fourth-order valence-corrected chi connectivity index (χ4v) is 1.76. The van der Waals surface area contributed by atoms with Crippen molar-refractivity contribution in [2.45, 2.75) is 19.9 Å². The second kappa shape index (κ2) is 6.05. The van der Waals surface area contributed by atoms with Crippen molar-refractivity contribution in [3.05, 3.63) is 42.0 Å². The van der Waals surface area contributed by atoms with Gasteiger partial charge in [-0.1, -0.05) is 18.1 Å². The summed E-state index contributed by atoms with van der Waals surface area (Å²) in [4.78, 5) is 0. The Balaban J connectivity index is 2.30. The molecule has 0 radical (unpaired) electrons. The summed E-state index contributed by atoms with van der Waals surface area (Å²) < 4.78 is 21.0. The molecule has 1 aromatic heterocycles. The van der Waals surface area contributed by atoms with E-state index in [1.807, 2.05) is 6.92 Å². The van der Waals surface area contributed by atoms with Crippen LogP contribution in [0.5, 0.6) is 11.5 Å². The van der Waals surface area contributed by atoms with Crippen molar-refractivity contribution in [1.29, 1.82) is 0 Å². The number of benzene rings is 1. The molecule has 0 spiro atoms. The van der Waals surface area contributed by atoms with Crippen molar-refractivity contribution in [2.75, 3.05) is 0 Å². The Morgan fingerprint density at radius 1 is 1.55 bits per heavy atom. The minimum Gasteiger partial charge on any atom is -0.453 e. The van der Waals surface area contributed by atoms with Crippen molar-refractivity contribution in [3.63, 3.8) is 0 Å². The van der Waals surface area contributed by atoms with Gasteiger partial charge in [0.25, 0.3) is 0 Å². The molecule has 0 saturated heterocycles. The van der Waals surface area contributed by atoms with Gasteiger partial charge in [0.05, 0.1) is 18.0 Å². The highest BCUT2D eigenvalue weighted by Crippen LogP contribution is 2.26. The molecular weight excluding hydrogens is 263 g/mol. The van der Waals surface area contributed by atoms with Crippen LogP contribution in [0, 0.1) is 5.82 Å². The second-order valence-corrected chi connectivity index (χ2v) is 4.14. The zero-order valence-electron chi connectivity index (χ0n) is 11.0. The largest absolute Gasteiger partial charge is 0.453 e. The quantitative estimate of drug-likeness (QED) is 0.380. The Morgan fingerprint density at radius 3 is 3.05 bits per heavy atom. The smallest absolute Gasteiger partial charge is 0.176 e. The van der Waals surface area contributed by atoms with Gasteiger partial charge in [-0.2, -0.15) is 5.10 Å². The molecule has 3 N–H and O–H groups in total. The SMILES string of the molecule is CCCn1cc(Oc2cccc(F)c2/C(N)=N/O)cn1. The van der Waals surface area contributed by atoms with E-state index in [-0.39, 0.29) is 17.1 Å². The van der Waals surface area contributed by atoms with Crippen LogP contribution in [0.25, 0.3) is 0 Å². The van der Waals surface area contributed by atoms with Gasteiger partial charge < -0.3 is 15.7 Å². The summed E-state index contributed by atoms with van der Waals surface area (Å²) in [5.41, 5.74) is 5.38. The highest BCUT2D eigenvalue weighted by Gasteiger charge is 2.15. The summed E-state index contributed by atoms with van der Waals surface area (Å²) in [6.45, 7) is 2.80. The molecule has 0 unspecified atom stereocenters.